The number of carbonyl (C=O) groups excluding carboxylic acids is 3. The van der Waals surface area contributed by atoms with E-state index in [1.807, 2.05) is 17.0 Å². The lowest BCUT2D eigenvalue weighted by atomic mass is 9.89. The molecule has 0 radical (unpaired) electrons. The van der Waals surface area contributed by atoms with Crippen molar-refractivity contribution < 1.29 is 19.1 Å². The van der Waals surface area contributed by atoms with E-state index in [0.717, 1.165) is 24.2 Å². The number of ether oxygens (including phenoxy) is 1. The Bertz CT molecular complexity index is 713. The molecule has 3 amide bonds. The summed E-state index contributed by atoms with van der Waals surface area (Å²) in [6.45, 7) is 1.38. The standard InChI is InChI=1S/C19H23ClN2O4/c1-26-16-9-14(8-15(20)11-16)12-4-6-22(7-5-12)18(24)3-2-13-10-17(23)21-19(13)25/h8-9,11-13H,2-7,10H2,1H3,(H,21,23,25)/t13-/m0/s1. The number of nitrogens with zero attached hydrogens (tertiary/aromatic N) is 1. The van der Waals surface area contributed by atoms with Crippen LogP contribution in [0.4, 0.5) is 0 Å². The van der Waals surface area contributed by atoms with E-state index >= 15 is 0 Å². The van der Waals surface area contributed by atoms with Gasteiger partial charge >= 0.3 is 0 Å². The van der Waals surface area contributed by atoms with Gasteiger partial charge in [-0.15, -0.1) is 0 Å². The molecule has 1 atom stereocenters. The number of carbonyl (C=O) groups is 3. The number of benzene rings is 1. The number of rotatable bonds is 5. The summed E-state index contributed by atoms with van der Waals surface area (Å²) in [6.07, 6.45) is 2.68. The van der Waals surface area contributed by atoms with Crippen molar-refractivity contribution in [2.45, 2.75) is 38.0 Å². The molecule has 2 aliphatic heterocycles. The molecule has 0 aromatic heterocycles. The molecule has 0 saturated carbocycles. The van der Waals surface area contributed by atoms with Crippen molar-refractivity contribution in [3.05, 3.63) is 28.8 Å². The van der Waals surface area contributed by atoms with Crippen molar-refractivity contribution in [1.82, 2.24) is 10.2 Å². The highest BCUT2D eigenvalue weighted by atomic mass is 35.5. The maximum atomic E-state index is 12.4. The van der Waals surface area contributed by atoms with E-state index in [1.165, 1.54) is 0 Å². The van der Waals surface area contributed by atoms with Crippen LogP contribution in [0.2, 0.25) is 5.02 Å². The summed E-state index contributed by atoms with van der Waals surface area (Å²) in [7, 11) is 1.62. The van der Waals surface area contributed by atoms with Crippen molar-refractivity contribution >= 4 is 29.3 Å². The van der Waals surface area contributed by atoms with Crippen molar-refractivity contribution in [1.29, 1.82) is 0 Å². The zero-order valence-electron chi connectivity index (χ0n) is 14.8. The zero-order chi connectivity index (χ0) is 18.7. The predicted octanol–water partition coefficient (Wildman–Crippen LogP) is 2.50. The van der Waals surface area contributed by atoms with Gasteiger partial charge in [0, 0.05) is 36.9 Å². The lowest BCUT2D eigenvalue weighted by Gasteiger charge is -2.32. The second-order valence-corrected chi connectivity index (χ2v) is 7.37. The number of halogens is 1. The van der Waals surface area contributed by atoms with E-state index in [2.05, 4.69) is 5.32 Å². The molecule has 1 aromatic rings. The van der Waals surface area contributed by atoms with Crippen molar-refractivity contribution in [2.75, 3.05) is 20.2 Å². The number of nitrogens with one attached hydrogen (secondary N) is 1. The number of imide groups is 1. The Kier molecular flexibility index (Phi) is 5.81. The number of piperidine rings is 1. The lowest BCUT2D eigenvalue weighted by molar-refractivity contribution is -0.132. The summed E-state index contributed by atoms with van der Waals surface area (Å²) in [5.41, 5.74) is 1.14. The summed E-state index contributed by atoms with van der Waals surface area (Å²) < 4.78 is 5.28. The predicted molar refractivity (Wildman–Crippen MR) is 97.0 cm³/mol. The third kappa shape index (κ3) is 4.36. The Balaban J connectivity index is 1.50. The van der Waals surface area contributed by atoms with Crippen molar-refractivity contribution in [3.8, 4) is 5.75 Å². The molecule has 2 fully saturated rings. The maximum Gasteiger partial charge on any atom is 0.230 e. The number of methoxy groups -OCH3 is 1. The second-order valence-electron chi connectivity index (χ2n) is 6.93. The van der Waals surface area contributed by atoms with E-state index in [4.69, 9.17) is 16.3 Å². The molecular weight excluding hydrogens is 356 g/mol. The molecule has 0 bridgehead atoms. The maximum absolute atomic E-state index is 12.4. The minimum absolute atomic E-state index is 0.0549. The van der Waals surface area contributed by atoms with Crippen LogP contribution in [0.5, 0.6) is 5.75 Å². The van der Waals surface area contributed by atoms with E-state index in [-0.39, 0.29) is 30.1 Å². The van der Waals surface area contributed by atoms with E-state index in [1.54, 1.807) is 13.2 Å². The van der Waals surface area contributed by atoms with E-state index < -0.39 is 0 Å². The van der Waals surface area contributed by atoms with E-state index in [0.29, 0.717) is 36.9 Å². The Morgan fingerprint density at radius 2 is 2.00 bits per heavy atom. The first kappa shape index (κ1) is 18.7. The average molecular weight is 379 g/mol. The monoisotopic (exact) mass is 378 g/mol. The molecule has 0 spiro atoms. The second kappa shape index (κ2) is 8.08. The molecular formula is C19H23ClN2O4. The lowest BCUT2D eigenvalue weighted by Crippen LogP contribution is -2.38. The Hall–Kier alpha value is -2.08. The van der Waals surface area contributed by atoms with Crippen LogP contribution in [0.1, 0.15) is 43.6 Å². The van der Waals surface area contributed by atoms with Crippen LogP contribution >= 0.6 is 11.6 Å². The van der Waals surface area contributed by atoms with Gasteiger partial charge in [-0.1, -0.05) is 11.6 Å². The summed E-state index contributed by atoms with van der Waals surface area (Å²) in [5, 5.41) is 2.94. The first-order valence-corrected chi connectivity index (χ1v) is 9.30. The van der Waals surface area contributed by atoms with Crippen LogP contribution in [-0.4, -0.2) is 42.8 Å². The average Bonchev–Trinajstić information content (AvgIpc) is 2.96. The van der Waals surface area contributed by atoms with Gasteiger partial charge in [-0.05, 0) is 48.9 Å². The van der Waals surface area contributed by atoms with Crippen LogP contribution in [0.25, 0.3) is 0 Å². The molecule has 2 aliphatic rings. The van der Waals surface area contributed by atoms with Crippen LogP contribution in [0.3, 0.4) is 0 Å². The molecule has 2 heterocycles. The fraction of sp³-hybridized carbons (Fsp3) is 0.526. The largest absolute Gasteiger partial charge is 0.497 e. The first-order chi connectivity index (χ1) is 12.5. The van der Waals surface area contributed by atoms with Gasteiger partial charge in [0.2, 0.25) is 17.7 Å². The SMILES string of the molecule is COc1cc(Cl)cc(C2CCN(C(=O)CC[C@H]3CC(=O)NC3=O)CC2)c1. The van der Waals surface area contributed by atoms with Gasteiger partial charge < -0.3 is 9.64 Å². The van der Waals surface area contributed by atoms with Gasteiger partial charge in [0.25, 0.3) is 0 Å². The van der Waals surface area contributed by atoms with Crippen molar-refractivity contribution in [2.24, 2.45) is 5.92 Å². The fourth-order valence-electron chi connectivity index (χ4n) is 3.70. The van der Waals surface area contributed by atoms with Crippen LogP contribution < -0.4 is 10.1 Å². The van der Waals surface area contributed by atoms with Crippen LogP contribution in [0, 0.1) is 5.92 Å². The Morgan fingerprint density at radius 1 is 1.27 bits per heavy atom. The molecule has 140 valence electrons. The van der Waals surface area contributed by atoms with Gasteiger partial charge in [-0.3, -0.25) is 19.7 Å². The van der Waals surface area contributed by atoms with Gasteiger partial charge in [0.15, 0.2) is 0 Å². The summed E-state index contributed by atoms with van der Waals surface area (Å²) >= 11 is 6.15. The molecule has 3 rings (SSSR count). The van der Waals surface area contributed by atoms with Crippen LogP contribution in [-0.2, 0) is 14.4 Å². The summed E-state index contributed by atoms with van der Waals surface area (Å²) in [6, 6.07) is 5.75. The molecule has 7 heteroatoms. The molecule has 2 saturated heterocycles. The molecule has 6 nitrogen and oxygen atoms in total. The number of amides is 3. The molecule has 1 aromatic carbocycles. The molecule has 1 N–H and O–H groups in total. The number of hydrogen-bond acceptors (Lipinski definition) is 4. The smallest absolute Gasteiger partial charge is 0.230 e. The highest BCUT2D eigenvalue weighted by Gasteiger charge is 2.31. The fourth-order valence-corrected chi connectivity index (χ4v) is 3.93. The molecule has 26 heavy (non-hydrogen) atoms. The first-order valence-electron chi connectivity index (χ1n) is 8.92. The van der Waals surface area contributed by atoms with Crippen LogP contribution in [0.15, 0.2) is 18.2 Å². The minimum Gasteiger partial charge on any atom is -0.497 e. The number of likely N-dealkylation sites (tertiary alicyclic amines) is 1. The molecule has 0 aliphatic carbocycles. The zero-order valence-corrected chi connectivity index (χ0v) is 15.6. The topological polar surface area (TPSA) is 75.7 Å². The normalized spacial score (nSPS) is 21.0. The molecule has 0 unspecified atom stereocenters. The van der Waals surface area contributed by atoms with Gasteiger partial charge in [-0.2, -0.15) is 0 Å². The highest BCUT2D eigenvalue weighted by Crippen LogP contribution is 2.33. The minimum atomic E-state index is -0.358. The van der Waals surface area contributed by atoms with Gasteiger partial charge in [-0.25, -0.2) is 0 Å². The number of hydrogen-bond donors (Lipinski definition) is 1. The van der Waals surface area contributed by atoms with Crippen molar-refractivity contribution in [3.63, 3.8) is 0 Å². The third-order valence-corrected chi connectivity index (χ3v) is 5.44. The quantitative estimate of drug-likeness (QED) is 0.799. The van der Waals surface area contributed by atoms with Gasteiger partial charge in [0.1, 0.15) is 5.75 Å². The summed E-state index contributed by atoms with van der Waals surface area (Å²) in [5.74, 6) is 0.295. The van der Waals surface area contributed by atoms with E-state index in [9.17, 15) is 14.4 Å². The van der Waals surface area contributed by atoms with Gasteiger partial charge in [0.05, 0.1) is 7.11 Å². The third-order valence-electron chi connectivity index (χ3n) is 5.22. The summed E-state index contributed by atoms with van der Waals surface area (Å²) in [4.78, 5) is 37.0. The Labute approximate surface area is 157 Å². The highest BCUT2D eigenvalue weighted by molar-refractivity contribution is 6.30. The Morgan fingerprint density at radius 3 is 2.62 bits per heavy atom.